The number of likely N-dealkylation sites (N-methyl/N-ethyl adjacent to an activating group) is 1. The summed E-state index contributed by atoms with van der Waals surface area (Å²) in [7, 11) is 4.30. The van der Waals surface area contributed by atoms with Crippen molar-refractivity contribution >= 4 is 5.69 Å². The Hall–Kier alpha value is -1.13. The molecular weight excluding hydrogens is 236 g/mol. The van der Waals surface area contributed by atoms with Crippen LogP contribution >= 0.6 is 0 Å². The lowest BCUT2D eigenvalue weighted by molar-refractivity contribution is 0.372. The Balaban J connectivity index is 2.07. The summed E-state index contributed by atoms with van der Waals surface area (Å²) in [6.07, 6.45) is 4.53. The second-order valence-electron chi connectivity index (χ2n) is 5.54. The van der Waals surface area contributed by atoms with E-state index in [0.717, 1.165) is 25.3 Å². The molecule has 1 saturated heterocycles. The lowest BCUT2D eigenvalue weighted by Gasteiger charge is -2.29. The van der Waals surface area contributed by atoms with E-state index >= 15 is 0 Å². The fraction of sp³-hybridized carbons (Fsp3) is 0.667. The SMILES string of the molecule is CCNCc1cc(N2CCCC2CN(C)C)ccn1. The average molecular weight is 262 g/mol. The molecule has 2 heterocycles. The second kappa shape index (κ2) is 6.87. The van der Waals surface area contributed by atoms with Gasteiger partial charge in [0.15, 0.2) is 0 Å². The molecular formula is C15H26N4. The van der Waals surface area contributed by atoms with E-state index in [4.69, 9.17) is 0 Å². The van der Waals surface area contributed by atoms with Crippen molar-refractivity contribution in [1.82, 2.24) is 15.2 Å². The smallest absolute Gasteiger partial charge is 0.0562 e. The number of pyridine rings is 1. The maximum absolute atomic E-state index is 4.43. The zero-order chi connectivity index (χ0) is 13.7. The molecule has 0 saturated carbocycles. The highest BCUT2D eigenvalue weighted by Crippen LogP contribution is 2.25. The van der Waals surface area contributed by atoms with Gasteiger partial charge in [0.25, 0.3) is 0 Å². The first-order valence-electron chi connectivity index (χ1n) is 7.27. The number of anilines is 1. The highest BCUT2D eigenvalue weighted by atomic mass is 15.2. The molecule has 0 bridgehead atoms. The molecule has 0 radical (unpaired) electrons. The molecule has 0 amide bonds. The number of hydrogen-bond acceptors (Lipinski definition) is 4. The van der Waals surface area contributed by atoms with Crippen molar-refractivity contribution in [2.45, 2.75) is 32.4 Å². The standard InChI is InChI=1S/C15H26N4/c1-4-16-11-13-10-14(7-8-17-13)19-9-5-6-15(19)12-18(2)3/h7-8,10,15-16H,4-6,9,11-12H2,1-3H3. The number of aromatic nitrogens is 1. The monoisotopic (exact) mass is 262 g/mol. The minimum Gasteiger partial charge on any atom is -0.367 e. The van der Waals surface area contributed by atoms with E-state index in [0.29, 0.717) is 6.04 Å². The molecule has 4 nitrogen and oxygen atoms in total. The largest absolute Gasteiger partial charge is 0.367 e. The summed E-state index contributed by atoms with van der Waals surface area (Å²) in [4.78, 5) is 9.25. The van der Waals surface area contributed by atoms with Crippen molar-refractivity contribution in [1.29, 1.82) is 0 Å². The van der Waals surface area contributed by atoms with E-state index in [1.807, 2.05) is 6.20 Å². The molecule has 1 fully saturated rings. The van der Waals surface area contributed by atoms with Gasteiger partial charge in [-0.3, -0.25) is 4.98 Å². The summed E-state index contributed by atoms with van der Waals surface area (Å²) in [6, 6.07) is 5.02. The van der Waals surface area contributed by atoms with Gasteiger partial charge in [-0.1, -0.05) is 6.92 Å². The topological polar surface area (TPSA) is 31.4 Å². The zero-order valence-electron chi connectivity index (χ0n) is 12.4. The van der Waals surface area contributed by atoms with Crippen LogP contribution in [-0.2, 0) is 6.54 Å². The summed E-state index contributed by atoms with van der Waals surface area (Å²) >= 11 is 0. The number of rotatable bonds is 6. The Bertz CT molecular complexity index is 391. The maximum atomic E-state index is 4.43. The van der Waals surface area contributed by atoms with E-state index in [1.165, 1.54) is 25.1 Å². The Labute approximate surface area is 116 Å². The van der Waals surface area contributed by atoms with Crippen LogP contribution in [-0.4, -0.2) is 49.7 Å². The van der Waals surface area contributed by atoms with Gasteiger partial charge in [-0.05, 0) is 45.6 Å². The van der Waals surface area contributed by atoms with Gasteiger partial charge >= 0.3 is 0 Å². The first kappa shape index (κ1) is 14.3. The maximum Gasteiger partial charge on any atom is 0.0562 e. The first-order chi connectivity index (χ1) is 9.20. The fourth-order valence-corrected chi connectivity index (χ4v) is 2.78. The molecule has 1 atom stereocenters. The summed E-state index contributed by atoms with van der Waals surface area (Å²) in [5.41, 5.74) is 2.46. The Morgan fingerprint density at radius 1 is 1.47 bits per heavy atom. The molecule has 1 unspecified atom stereocenters. The fourth-order valence-electron chi connectivity index (χ4n) is 2.78. The summed E-state index contributed by atoms with van der Waals surface area (Å²) in [6.45, 7) is 6.26. The third-order valence-electron chi connectivity index (χ3n) is 3.64. The minimum atomic E-state index is 0.643. The molecule has 2 rings (SSSR count). The van der Waals surface area contributed by atoms with Gasteiger partial charge in [-0.2, -0.15) is 0 Å². The van der Waals surface area contributed by atoms with Crippen LogP contribution in [0.2, 0.25) is 0 Å². The van der Waals surface area contributed by atoms with Crippen molar-refractivity contribution in [2.24, 2.45) is 0 Å². The molecule has 0 aliphatic carbocycles. The van der Waals surface area contributed by atoms with Gasteiger partial charge in [-0.15, -0.1) is 0 Å². The molecule has 1 N–H and O–H groups in total. The number of nitrogens with zero attached hydrogens (tertiary/aromatic N) is 3. The van der Waals surface area contributed by atoms with Gasteiger partial charge in [0.1, 0.15) is 0 Å². The number of nitrogens with one attached hydrogen (secondary N) is 1. The van der Waals surface area contributed by atoms with Crippen molar-refractivity contribution in [3.63, 3.8) is 0 Å². The molecule has 1 aromatic heterocycles. The quantitative estimate of drug-likeness (QED) is 0.846. The van der Waals surface area contributed by atoms with Crippen LogP contribution in [0.5, 0.6) is 0 Å². The third kappa shape index (κ3) is 3.91. The average Bonchev–Trinajstić information content (AvgIpc) is 2.84. The van der Waals surface area contributed by atoms with Crippen molar-refractivity contribution < 1.29 is 0 Å². The summed E-state index contributed by atoms with van der Waals surface area (Å²) in [5.74, 6) is 0. The molecule has 0 aromatic carbocycles. The van der Waals surface area contributed by atoms with E-state index in [1.54, 1.807) is 0 Å². The van der Waals surface area contributed by atoms with Gasteiger partial charge < -0.3 is 15.1 Å². The van der Waals surface area contributed by atoms with Crippen molar-refractivity contribution in [2.75, 3.05) is 38.6 Å². The highest BCUT2D eigenvalue weighted by Gasteiger charge is 2.25. The molecule has 1 aromatic rings. The third-order valence-corrected chi connectivity index (χ3v) is 3.64. The summed E-state index contributed by atoms with van der Waals surface area (Å²) < 4.78 is 0. The van der Waals surface area contributed by atoms with E-state index in [-0.39, 0.29) is 0 Å². The lowest BCUT2D eigenvalue weighted by Crippen LogP contribution is -2.37. The predicted molar refractivity (Wildman–Crippen MR) is 80.5 cm³/mol. The Kier molecular flexibility index (Phi) is 5.16. The van der Waals surface area contributed by atoms with Gasteiger partial charge in [-0.25, -0.2) is 0 Å². The van der Waals surface area contributed by atoms with E-state index in [2.05, 4.69) is 53.3 Å². The van der Waals surface area contributed by atoms with Crippen LogP contribution in [0.15, 0.2) is 18.3 Å². The van der Waals surface area contributed by atoms with Crippen LogP contribution in [0.4, 0.5) is 5.69 Å². The first-order valence-corrected chi connectivity index (χ1v) is 7.27. The van der Waals surface area contributed by atoms with Crippen LogP contribution in [0.3, 0.4) is 0 Å². The number of hydrogen-bond donors (Lipinski definition) is 1. The minimum absolute atomic E-state index is 0.643. The van der Waals surface area contributed by atoms with Gasteiger partial charge in [0, 0.05) is 37.6 Å². The molecule has 1 aliphatic rings. The molecule has 106 valence electrons. The van der Waals surface area contributed by atoms with Crippen LogP contribution in [0.1, 0.15) is 25.5 Å². The molecule has 0 spiro atoms. The lowest BCUT2D eigenvalue weighted by atomic mass is 10.2. The zero-order valence-corrected chi connectivity index (χ0v) is 12.4. The highest BCUT2D eigenvalue weighted by molar-refractivity contribution is 5.48. The van der Waals surface area contributed by atoms with Gasteiger partial charge in [0.2, 0.25) is 0 Å². The normalized spacial score (nSPS) is 19.4. The van der Waals surface area contributed by atoms with Crippen molar-refractivity contribution in [3.8, 4) is 0 Å². The molecule has 19 heavy (non-hydrogen) atoms. The van der Waals surface area contributed by atoms with Crippen LogP contribution < -0.4 is 10.2 Å². The second-order valence-corrected chi connectivity index (χ2v) is 5.54. The van der Waals surface area contributed by atoms with Crippen LogP contribution in [0, 0.1) is 0 Å². The molecule has 4 heteroatoms. The van der Waals surface area contributed by atoms with Gasteiger partial charge in [0.05, 0.1) is 5.69 Å². The Morgan fingerprint density at radius 3 is 3.05 bits per heavy atom. The van der Waals surface area contributed by atoms with Crippen molar-refractivity contribution in [3.05, 3.63) is 24.0 Å². The predicted octanol–water partition coefficient (Wildman–Crippen LogP) is 1.72. The van der Waals surface area contributed by atoms with E-state index in [9.17, 15) is 0 Å². The summed E-state index contributed by atoms with van der Waals surface area (Å²) in [5, 5.41) is 3.34. The van der Waals surface area contributed by atoms with E-state index < -0.39 is 0 Å². The molecule has 1 aliphatic heterocycles. The Morgan fingerprint density at radius 2 is 2.32 bits per heavy atom. The van der Waals surface area contributed by atoms with Crippen LogP contribution in [0.25, 0.3) is 0 Å².